The van der Waals surface area contributed by atoms with Crippen LogP contribution in [-0.4, -0.2) is 6.61 Å². The molecule has 0 aliphatic carbocycles. The molecule has 0 atom stereocenters. The molecule has 0 saturated carbocycles. The fraction of sp³-hybridized carbons (Fsp3) is 0.200. The van der Waals surface area contributed by atoms with Crippen LogP contribution >= 0.6 is 15.9 Å². The van der Waals surface area contributed by atoms with Gasteiger partial charge in [-0.15, -0.1) is 6.58 Å². The van der Waals surface area contributed by atoms with Crippen LogP contribution in [0, 0.1) is 5.82 Å². The van der Waals surface area contributed by atoms with E-state index in [1.54, 1.807) is 12.1 Å². The van der Waals surface area contributed by atoms with Crippen molar-refractivity contribution >= 4 is 15.9 Å². The Bertz CT molecular complexity index is 299. The number of hydrogen-bond donors (Lipinski definition) is 0. The average molecular weight is 245 g/mol. The van der Waals surface area contributed by atoms with E-state index in [0.717, 1.165) is 10.9 Å². The van der Waals surface area contributed by atoms with Gasteiger partial charge in [-0.2, -0.15) is 0 Å². The highest BCUT2D eigenvalue weighted by Crippen LogP contribution is 2.25. The Morgan fingerprint density at radius 1 is 1.54 bits per heavy atom. The highest BCUT2D eigenvalue weighted by Gasteiger charge is 2.01. The Morgan fingerprint density at radius 3 is 3.00 bits per heavy atom. The van der Waals surface area contributed by atoms with Gasteiger partial charge in [-0.3, -0.25) is 0 Å². The molecule has 0 aliphatic rings. The second-order valence-corrected chi connectivity index (χ2v) is 3.35. The number of ether oxygens (including phenoxy) is 1. The Balaban J connectivity index is 2.64. The summed E-state index contributed by atoms with van der Waals surface area (Å²) in [4.78, 5) is 0. The van der Waals surface area contributed by atoms with Crippen molar-refractivity contribution in [2.24, 2.45) is 0 Å². The molecule has 0 saturated heterocycles. The molecule has 1 rings (SSSR count). The Morgan fingerprint density at radius 2 is 2.31 bits per heavy atom. The van der Waals surface area contributed by atoms with Gasteiger partial charge in [0.1, 0.15) is 11.6 Å². The fourth-order valence-corrected chi connectivity index (χ4v) is 1.20. The van der Waals surface area contributed by atoms with E-state index < -0.39 is 0 Å². The number of rotatable bonds is 4. The first-order chi connectivity index (χ1) is 6.24. The van der Waals surface area contributed by atoms with Crippen molar-refractivity contribution in [1.82, 2.24) is 0 Å². The van der Waals surface area contributed by atoms with Crippen LogP contribution in [0.25, 0.3) is 0 Å². The lowest BCUT2D eigenvalue weighted by molar-refractivity contribution is 0.321. The molecule has 1 aromatic carbocycles. The van der Waals surface area contributed by atoms with E-state index in [1.165, 1.54) is 12.1 Å². The molecule has 0 bridgehead atoms. The van der Waals surface area contributed by atoms with Crippen LogP contribution < -0.4 is 4.74 Å². The first kappa shape index (κ1) is 10.3. The molecule has 0 amide bonds. The molecule has 0 spiro atoms. The third-order valence-corrected chi connectivity index (χ3v) is 2.13. The quantitative estimate of drug-likeness (QED) is 0.582. The molecule has 0 aromatic heterocycles. The lowest BCUT2D eigenvalue weighted by atomic mass is 10.3. The van der Waals surface area contributed by atoms with E-state index >= 15 is 0 Å². The molecule has 1 aromatic rings. The maximum absolute atomic E-state index is 12.7. The van der Waals surface area contributed by atoms with Gasteiger partial charge in [0.05, 0.1) is 11.1 Å². The van der Waals surface area contributed by atoms with Crippen molar-refractivity contribution in [3.8, 4) is 5.75 Å². The van der Waals surface area contributed by atoms with E-state index in [2.05, 4.69) is 22.5 Å². The SMILES string of the molecule is C=CCCOc1cc(F)ccc1Br. The summed E-state index contributed by atoms with van der Waals surface area (Å²) >= 11 is 3.27. The maximum Gasteiger partial charge on any atom is 0.136 e. The van der Waals surface area contributed by atoms with Gasteiger partial charge in [0.2, 0.25) is 0 Å². The third kappa shape index (κ3) is 3.19. The largest absolute Gasteiger partial charge is 0.492 e. The van der Waals surface area contributed by atoms with Gasteiger partial charge in [-0.25, -0.2) is 4.39 Å². The van der Waals surface area contributed by atoms with Crippen LogP contribution in [0.2, 0.25) is 0 Å². The molecular formula is C10H10BrFO. The van der Waals surface area contributed by atoms with Crippen LogP contribution in [0.15, 0.2) is 35.3 Å². The van der Waals surface area contributed by atoms with Gasteiger partial charge in [0, 0.05) is 6.07 Å². The van der Waals surface area contributed by atoms with Gasteiger partial charge in [-0.1, -0.05) is 6.08 Å². The molecule has 0 aliphatic heterocycles. The summed E-state index contributed by atoms with van der Waals surface area (Å²) in [5.74, 6) is 0.235. The minimum atomic E-state index is -0.295. The van der Waals surface area contributed by atoms with Gasteiger partial charge >= 0.3 is 0 Å². The van der Waals surface area contributed by atoms with Crippen molar-refractivity contribution in [2.45, 2.75) is 6.42 Å². The van der Waals surface area contributed by atoms with Crippen molar-refractivity contribution < 1.29 is 9.13 Å². The summed E-state index contributed by atoms with van der Waals surface area (Å²) < 4.78 is 18.8. The predicted octanol–water partition coefficient (Wildman–Crippen LogP) is 3.54. The summed E-state index contributed by atoms with van der Waals surface area (Å²) in [6.45, 7) is 4.09. The van der Waals surface area contributed by atoms with Crippen LogP contribution in [0.1, 0.15) is 6.42 Å². The first-order valence-corrected chi connectivity index (χ1v) is 4.72. The highest BCUT2D eigenvalue weighted by molar-refractivity contribution is 9.10. The zero-order valence-electron chi connectivity index (χ0n) is 7.09. The van der Waals surface area contributed by atoms with Gasteiger partial charge in [0.25, 0.3) is 0 Å². The van der Waals surface area contributed by atoms with Gasteiger partial charge in [-0.05, 0) is 34.5 Å². The van der Waals surface area contributed by atoms with Crippen LogP contribution in [0.5, 0.6) is 5.75 Å². The average Bonchev–Trinajstić information content (AvgIpc) is 2.11. The topological polar surface area (TPSA) is 9.23 Å². The van der Waals surface area contributed by atoms with Crippen LogP contribution in [0.3, 0.4) is 0 Å². The van der Waals surface area contributed by atoms with Crippen LogP contribution in [0.4, 0.5) is 4.39 Å². The number of hydrogen-bond acceptors (Lipinski definition) is 1. The Kier molecular flexibility index (Phi) is 3.96. The molecule has 0 N–H and O–H groups in total. The lowest BCUT2D eigenvalue weighted by Gasteiger charge is -2.06. The smallest absolute Gasteiger partial charge is 0.136 e. The molecular weight excluding hydrogens is 235 g/mol. The van der Waals surface area contributed by atoms with Crippen molar-refractivity contribution in [2.75, 3.05) is 6.61 Å². The van der Waals surface area contributed by atoms with Gasteiger partial charge in [0.15, 0.2) is 0 Å². The van der Waals surface area contributed by atoms with E-state index in [1.807, 2.05) is 0 Å². The summed E-state index contributed by atoms with van der Waals surface area (Å²) in [6.07, 6.45) is 2.51. The fourth-order valence-electron chi connectivity index (χ4n) is 0.840. The maximum atomic E-state index is 12.7. The molecule has 3 heteroatoms. The zero-order valence-corrected chi connectivity index (χ0v) is 8.68. The molecule has 0 fully saturated rings. The highest BCUT2D eigenvalue weighted by atomic mass is 79.9. The molecule has 70 valence electrons. The zero-order chi connectivity index (χ0) is 9.68. The monoisotopic (exact) mass is 244 g/mol. The van der Waals surface area contributed by atoms with Crippen LogP contribution in [-0.2, 0) is 0 Å². The Hall–Kier alpha value is -0.830. The summed E-state index contributed by atoms with van der Waals surface area (Å²) in [5.41, 5.74) is 0. The summed E-state index contributed by atoms with van der Waals surface area (Å²) in [7, 11) is 0. The molecule has 1 nitrogen and oxygen atoms in total. The van der Waals surface area contributed by atoms with Crippen molar-refractivity contribution in [3.05, 3.63) is 41.1 Å². The standard InChI is InChI=1S/C10H10BrFO/c1-2-3-6-13-10-7-8(12)4-5-9(10)11/h2,4-5,7H,1,3,6H2. The summed E-state index contributed by atoms with van der Waals surface area (Å²) in [5, 5.41) is 0. The molecule has 0 unspecified atom stereocenters. The van der Waals surface area contributed by atoms with Crippen molar-refractivity contribution in [3.63, 3.8) is 0 Å². The first-order valence-electron chi connectivity index (χ1n) is 3.93. The predicted molar refractivity (Wildman–Crippen MR) is 54.4 cm³/mol. The number of benzene rings is 1. The minimum Gasteiger partial charge on any atom is -0.492 e. The molecule has 0 heterocycles. The second-order valence-electron chi connectivity index (χ2n) is 2.50. The number of halogens is 2. The normalized spacial score (nSPS) is 9.69. The van der Waals surface area contributed by atoms with Gasteiger partial charge < -0.3 is 4.74 Å². The van der Waals surface area contributed by atoms with E-state index in [0.29, 0.717) is 12.4 Å². The lowest BCUT2D eigenvalue weighted by Crippen LogP contribution is -1.96. The minimum absolute atomic E-state index is 0.295. The Labute approximate surface area is 85.3 Å². The third-order valence-electron chi connectivity index (χ3n) is 1.47. The van der Waals surface area contributed by atoms with E-state index in [4.69, 9.17) is 4.74 Å². The van der Waals surface area contributed by atoms with Crippen molar-refractivity contribution in [1.29, 1.82) is 0 Å². The van der Waals surface area contributed by atoms with E-state index in [9.17, 15) is 4.39 Å². The molecule has 0 radical (unpaired) electrons. The second kappa shape index (κ2) is 5.02. The van der Waals surface area contributed by atoms with E-state index in [-0.39, 0.29) is 5.82 Å². The molecule has 13 heavy (non-hydrogen) atoms. The summed E-state index contributed by atoms with van der Waals surface area (Å²) in [6, 6.07) is 4.36.